The molecule has 14 heteroatoms. The fourth-order valence-corrected chi connectivity index (χ4v) is 9.78. The first-order valence-electron chi connectivity index (χ1n) is 19.2. The summed E-state index contributed by atoms with van der Waals surface area (Å²) in [6.07, 6.45) is 2.57. The predicted octanol–water partition coefficient (Wildman–Crippen LogP) is 4.98. The number of alkyl halides is 1. The molecule has 0 radical (unpaired) electrons. The third-order valence-corrected chi connectivity index (χ3v) is 12.5. The van der Waals surface area contributed by atoms with Gasteiger partial charge in [0.05, 0.1) is 42.1 Å². The van der Waals surface area contributed by atoms with Gasteiger partial charge in [0, 0.05) is 24.8 Å². The van der Waals surface area contributed by atoms with Crippen LogP contribution < -0.4 is 0 Å². The molecule has 3 amide bonds. The lowest BCUT2D eigenvalue weighted by Gasteiger charge is -2.39. The maximum atomic E-state index is 15.3. The van der Waals surface area contributed by atoms with Crippen molar-refractivity contribution in [3.63, 3.8) is 0 Å². The van der Waals surface area contributed by atoms with E-state index in [-0.39, 0.29) is 32.0 Å². The third kappa shape index (κ3) is 7.19. The molecule has 3 aromatic carbocycles. The first kappa shape index (κ1) is 40.0. The predicted molar refractivity (Wildman–Crippen MR) is 215 cm³/mol. The van der Waals surface area contributed by atoms with E-state index in [0.29, 0.717) is 28.6 Å². The van der Waals surface area contributed by atoms with Gasteiger partial charge in [-0.2, -0.15) is 0 Å². The van der Waals surface area contributed by atoms with Crippen LogP contribution in [-0.4, -0.2) is 107 Å². The molecule has 13 nitrogen and oxygen atoms in total. The van der Waals surface area contributed by atoms with Crippen LogP contribution in [0.25, 0.3) is 11.0 Å². The minimum atomic E-state index is -1.46. The second-order valence-electron chi connectivity index (χ2n) is 14.9. The zero-order chi connectivity index (χ0) is 40.4. The van der Waals surface area contributed by atoms with E-state index >= 15 is 9.59 Å². The number of allylic oxidation sites excluding steroid dienone is 1. The third-order valence-electron chi connectivity index (χ3n) is 11.7. The van der Waals surface area contributed by atoms with Crippen LogP contribution in [0.2, 0.25) is 0 Å². The molecule has 1 spiro atoms. The number of rotatable bonds is 16. The number of hydrogen-bond donors (Lipinski definition) is 1. The molecule has 1 aromatic heterocycles. The summed E-state index contributed by atoms with van der Waals surface area (Å²) in [4.78, 5) is 62.5. The number of benzene rings is 3. The highest BCUT2D eigenvalue weighted by molar-refractivity contribution is 9.09. The Hall–Kier alpha value is -5.18. The Morgan fingerprint density at radius 3 is 2.37 bits per heavy atom. The molecule has 9 atom stereocenters. The molecule has 1 N–H and O–H groups in total. The normalized spacial score (nSPS) is 25.1. The van der Waals surface area contributed by atoms with Crippen LogP contribution in [-0.2, 0) is 35.3 Å². The van der Waals surface area contributed by atoms with Crippen LogP contribution in [0, 0.1) is 11.8 Å². The number of hydrogen-bond acceptors (Lipinski definition) is 9. The van der Waals surface area contributed by atoms with E-state index in [1.807, 2.05) is 67.6 Å². The summed E-state index contributed by atoms with van der Waals surface area (Å²) in [6, 6.07) is 22.8. The number of para-hydroxylation sites is 1. The lowest BCUT2D eigenvalue weighted by atomic mass is 9.70. The van der Waals surface area contributed by atoms with E-state index in [0.717, 1.165) is 0 Å². The van der Waals surface area contributed by atoms with E-state index in [1.54, 1.807) is 53.0 Å². The lowest BCUT2D eigenvalue weighted by Crippen LogP contribution is -2.57. The van der Waals surface area contributed by atoms with Crippen molar-refractivity contribution in [2.24, 2.45) is 11.8 Å². The average molecular weight is 840 g/mol. The summed E-state index contributed by atoms with van der Waals surface area (Å²) >= 11 is 3.76. The van der Waals surface area contributed by atoms with E-state index in [4.69, 9.17) is 9.47 Å². The van der Waals surface area contributed by atoms with Gasteiger partial charge in [-0.15, -0.1) is 18.3 Å². The zero-order valence-corrected chi connectivity index (χ0v) is 33.6. The molecule has 3 aliphatic rings. The molecule has 0 aliphatic carbocycles. The number of carbonyl (C=O) groups is 4. The van der Waals surface area contributed by atoms with Crippen LogP contribution in [0.3, 0.4) is 0 Å². The molecule has 4 heterocycles. The number of amides is 3. The summed E-state index contributed by atoms with van der Waals surface area (Å²) in [7, 11) is 1.67. The number of esters is 1. The van der Waals surface area contributed by atoms with Crippen molar-refractivity contribution in [3.05, 3.63) is 121 Å². The van der Waals surface area contributed by atoms with Crippen LogP contribution in [0.4, 0.5) is 0 Å². The van der Waals surface area contributed by atoms with Crippen molar-refractivity contribution >= 4 is 50.7 Å². The minimum absolute atomic E-state index is 0.0118. The standard InChI is InChI=1S/C43H47BrN6O7/c1-5-7-22-34(52)47(4)27(3)37(29-18-12-9-13-19-29)56-42(55)35-36-40(53)50(33(25-51)28-16-10-8-11-17-28)39(43(36)24-30(44)38(35)57-43)41(54)48(23-6-2)26-49-32-21-15-14-20-31(32)45-46-49/h5-6,8-21,27,30,33,35-39,51H,1-2,7,22-26H2,3-4H3/t27-,30?,33+,35+,36-,37+,38+,39+,43-/m0/s1. The summed E-state index contributed by atoms with van der Waals surface area (Å²) in [5.41, 5.74) is 1.19. The van der Waals surface area contributed by atoms with Crippen LogP contribution in [0.15, 0.2) is 110 Å². The van der Waals surface area contributed by atoms with Crippen molar-refractivity contribution in [1.29, 1.82) is 0 Å². The van der Waals surface area contributed by atoms with Gasteiger partial charge in [-0.25, -0.2) is 4.68 Å². The number of halogens is 1. The average Bonchev–Trinajstić information content (AvgIpc) is 3.96. The Kier molecular flexibility index (Phi) is 11.8. The van der Waals surface area contributed by atoms with Crippen molar-refractivity contribution in [3.8, 4) is 0 Å². The highest BCUT2D eigenvalue weighted by Gasteiger charge is 2.77. The molecule has 0 saturated carbocycles. The number of aromatic nitrogens is 3. The molecule has 2 bridgehead atoms. The van der Waals surface area contributed by atoms with Gasteiger partial charge in [0.2, 0.25) is 17.7 Å². The fourth-order valence-electron chi connectivity index (χ4n) is 8.83. The van der Waals surface area contributed by atoms with Crippen molar-refractivity contribution in [1.82, 2.24) is 29.7 Å². The van der Waals surface area contributed by atoms with Gasteiger partial charge in [0.15, 0.2) is 0 Å². The maximum Gasteiger partial charge on any atom is 0.313 e. The highest BCUT2D eigenvalue weighted by atomic mass is 79.9. The van der Waals surface area contributed by atoms with Crippen molar-refractivity contribution < 1.29 is 33.8 Å². The molecular weight excluding hydrogens is 792 g/mol. The van der Waals surface area contributed by atoms with Crippen LogP contribution in [0.5, 0.6) is 0 Å². The monoisotopic (exact) mass is 838 g/mol. The van der Waals surface area contributed by atoms with Gasteiger partial charge in [-0.05, 0) is 43.0 Å². The molecule has 4 aromatic rings. The summed E-state index contributed by atoms with van der Waals surface area (Å²) in [5.74, 6) is -3.99. The number of aliphatic hydroxyl groups is 1. The zero-order valence-electron chi connectivity index (χ0n) is 32.0. The van der Waals surface area contributed by atoms with Gasteiger partial charge < -0.3 is 29.3 Å². The summed E-state index contributed by atoms with van der Waals surface area (Å²) in [6.45, 7) is 9.05. The number of aliphatic hydroxyl groups excluding tert-OH is 1. The van der Waals surface area contributed by atoms with Gasteiger partial charge in [-0.1, -0.05) is 106 Å². The Morgan fingerprint density at radius 2 is 1.70 bits per heavy atom. The number of fused-ring (bicyclic) bond motifs is 2. The Labute approximate surface area is 340 Å². The number of carbonyl (C=O) groups excluding carboxylic acids is 4. The molecule has 3 aliphatic heterocycles. The van der Waals surface area contributed by atoms with E-state index in [2.05, 4.69) is 39.4 Å². The smallest absolute Gasteiger partial charge is 0.313 e. The van der Waals surface area contributed by atoms with E-state index in [9.17, 15) is 14.7 Å². The molecule has 298 valence electrons. The first-order chi connectivity index (χ1) is 27.6. The van der Waals surface area contributed by atoms with Crippen molar-refractivity contribution in [2.45, 2.75) is 73.6 Å². The summed E-state index contributed by atoms with van der Waals surface area (Å²) < 4.78 is 14.9. The highest BCUT2D eigenvalue weighted by Crippen LogP contribution is 2.61. The largest absolute Gasteiger partial charge is 0.455 e. The maximum absolute atomic E-state index is 15.3. The molecule has 57 heavy (non-hydrogen) atoms. The molecule has 3 fully saturated rings. The Morgan fingerprint density at radius 1 is 1.04 bits per heavy atom. The van der Waals surface area contributed by atoms with Crippen molar-refractivity contribution in [2.75, 3.05) is 20.2 Å². The Bertz CT molecular complexity index is 2130. The number of likely N-dealkylation sites (tertiary alicyclic amines) is 1. The number of likely N-dealkylation sites (N-methyl/N-ethyl adjacent to an activating group) is 1. The summed E-state index contributed by atoms with van der Waals surface area (Å²) in [5, 5.41) is 19.6. The van der Waals surface area contributed by atoms with Crippen LogP contribution >= 0.6 is 15.9 Å². The second-order valence-corrected chi connectivity index (χ2v) is 16.1. The van der Waals surface area contributed by atoms with Gasteiger partial charge in [0.1, 0.15) is 29.9 Å². The fraction of sp³-hybridized carbons (Fsp3) is 0.395. The van der Waals surface area contributed by atoms with Gasteiger partial charge in [-0.3, -0.25) is 19.2 Å². The van der Waals surface area contributed by atoms with Crippen LogP contribution in [0.1, 0.15) is 49.5 Å². The second kappa shape index (κ2) is 16.7. The molecule has 3 saturated heterocycles. The van der Waals surface area contributed by atoms with Gasteiger partial charge in [0.25, 0.3) is 0 Å². The van der Waals surface area contributed by atoms with E-state index < -0.39 is 77.0 Å². The SMILES string of the molecule is C=CCCC(=O)N(C)[C@@H](C)[C@@H](OC(=O)[C@H]1[C@@H]2O[C@@]3(CC2Br)[C@@H]1C(=O)N([C@H](CO)c1ccccc1)[C@@H]3C(=O)N(CC=C)Cn1nnc2ccccc21)c1ccccc1. The lowest BCUT2D eigenvalue weighted by molar-refractivity contribution is -0.165. The number of ether oxygens (including phenoxy) is 2. The molecule has 7 rings (SSSR count). The number of nitrogens with zero attached hydrogens (tertiary/aromatic N) is 6. The molecule has 1 unspecified atom stereocenters. The minimum Gasteiger partial charge on any atom is -0.455 e. The molecular formula is C43H47BrN6O7. The van der Waals surface area contributed by atoms with E-state index in [1.165, 1.54) is 9.80 Å². The van der Waals surface area contributed by atoms with Gasteiger partial charge >= 0.3 is 5.97 Å². The topological polar surface area (TPSA) is 147 Å². The quantitative estimate of drug-likeness (QED) is 0.0938. The first-order valence-corrected chi connectivity index (χ1v) is 20.1. The Balaban J connectivity index is 1.28.